The van der Waals surface area contributed by atoms with Gasteiger partial charge in [0, 0.05) is 6.61 Å². The predicted molar refractivity (Wildman–Crippen MR) is 73.0 cm³/mol. The van der Waals surface area contributed by atoms with Crippen molar-refractivity contribution in [1.29, 1.82) is 0 Å². The van der Waals surface area contributed by atoms with E-state index in [1.54, 1.807) is 0 Å². The van der Waals surface area contributed by atoms with Gasteiger partial charge >= 0.3 is 0 Å². The molecule has 1 unspecified atom stereocenters. The van der Waals surface area contributed by atoms with Crippen LogP contribution in [0.3, 0.4) is 0 Å². The van der Waals surface area contributed by atoms with E-state index in [1.807, 2.05) is 6.92 Å². The highest BCUT2D eigenvalue weighted by Crippen LogP contribution is 2.29. The van der Waals surface area contributed by atoms with Crippen LogP contribution in [-0.2, 0) is 9.47 Å². The number of aliphatic hydroxyl groups is 2. The summed E-state index contributed by atoms with van der Waals surface area (Å²) in [4.78, 5) is 0. The van der Waals surface area contributed by atoms with Crippen LogP contribution in [0.2, 0.25) is 0 Å². The molecule has 1 heterocycles. The van der Waals surface area contributed by atoms with E-state index < -0.39 is 12.2 Å². The fraction of sp³-hybridized carbons (Fsp3) is 1.00. The zero-order valence-corrected chi connectivity index (χ0v) is 12.0. The van der Waals surface area contributed by atoms with E-state index in [-0.39, 0.29) is 18.8 Å². The SMILES string of the molecule is C[C@@H]1O[C@H](CO)[C@H](O)C1OCCCCC1CCCC1. The third-order valence-corrected chi connectivity index (χ3v) is 4.54. The molecule has 1 saturated carbocycles. The largest absolute Gasteiger partial charge is 0.394 e. The zero-order chi connectivity index (χ0) is 13.7. The Morgan fingerprint density at radius 1 is 1.21 bits per heavy atom. The van der Waals surface area contributed by atoms with Gasteiger partial charge in [-0.25, -0.2) is 0 Å². The van der Waals surface area contributed by atoms with E-state index in [0.717, 1.165) is 12.3 Å². The standard InChI is InChI=1S/C15H28O4/c1-11-15(14(17)13(10-16)19-11)18-9-5-4-8-12-6-2-3-7-12/h11-17H,2-10H2,1H3/t11-,13+,14-,15?/m0/s1. The van der Waals surface area contributed by atoms with Gasteiger partial charge in [0.2, 0.25) is 0 Å². The molecule has 0 radical (unpaired) electrons. The maximum Gasteiger partial charge on any atom is 0.112 e. The molecule has 0 bridgehead atoms. The fourth-order valence-corrected chi connectivity index (χ4v) is 3.36. The van der Waals surface area contributed by atoms with Gasteiger partial charge in [0.05, 0.1) is 12.7 Å². The van der Waals surface area contributed by atoms with Crippen molar-refractivity contribution in [2.45, 2.75) is 76.3 Å². The molecule has 0 spiro atoms. The molecule has 4 nitrogen and oxygen atoms in total. The molecule has 0 aromatic rings. The van der Waals surface area contributed by atoms with Crippen LogP contribution in [0.1, 0.15) is 51.9 Å². The van der Waals surface area contributed by atoms with Crippen molar-refractivity contribution in [2.75, 3.05) is 13.2 Å². The molecular formula is C15H28O4. The summed E-state index contributed by atoms with van der Waals surface area (Å²) in [5.41, 5.74) is 0. The van der Waals surface area contributed by atoms with Crippen molar-refractivity contribution in [1.82, 2.24) is 0 Å². The van der Waals surface area contributed by atoms with Gasteiger partial charge in [-0.1, -0.05) is 38.5 Å². The first-order valence-corrected chi connectivity index (χ1v) is 7.78. The maximum atomic E-state index is 9.94. The fourth-order valence-electron chi connectivity index (χ4n) is 3.36. The summed E-state index contributed by atoms with van der Waals surface area (Å²) >= 11 is 0. The molecular weight excluding hydrogens is 244 g/mol. The summed E-state index contributed by atoms with van der Waals surface area (Å²) in [6.07, 6.45) is 7.61. The van der Waals surface area contributed by atoms with E-state index >= 15 is 0 Å². The molecule has 1 saturated heterocycles. The molecule has 4 heteroatoms. The van der Waals surface area contributed by atoms with Gasteiger partial charge in [-0.05, 0) is 19.3 Å². The third kappa shape index (κ3) is 4.15. The van der Waals surface area contributed by atoms with Gasteiger partial charge < -0.3 is 19.7 Å². The molecule has 1 aliphatic carbocycles. The summed E-state index contributed by atoms with van der Waals surface area (Å²) in [7, 11) is 0. The highest BCUT2D eigenvalue weighted by molar-refractivity contribution is 4.89. The van der Waals surface area contributed by atoms with Gasteiger partial charge in [-0.3, -0.25) is 0 Å². The smallest absolute Gasteiger partial charge is 0.112 e. The Morgan fingerprint density at radius 2 is 1.95 bits per heavy atom. The normalized spacial score (nSPS) is 36.2. The van der Waals surface area contributed by atoms with E-state index in [2.05, 4.69) is 0 Å². The van der Waals surface area contributed by atoms with Gasteiger partial charge in [0.25, 0.3) is 0 Å². The van der Waals surface area contributed by atoms with E-state index in [0.29, 0.717) is 6.61 Å². The lowest BCUT2D eigenvalue weighted by Crippen LogP contribution is -2.35. The third-order valence-electron chi connectivity index (χ3n) is 4.54. The van der Waals surface area contributed by atoms with Gasteiger partial charge in [0.15, 0.2) is 0 Å². The predicted octanol–water partition coefficient (Wildman–Crippen LogP) is 1.87. The quantitative estimate of drug-likeness (QED) is 0.695. The van der Waals surface area contributed by atoms with Gasteiger partial charge in [0.1, 0.15) is 18.3 Å². The molecule has 1 aliphatic heterocycles. The van der Waals surface area contributed by atoms with Gasteiger partial charge in [-0.2, -0.15) is 0 Å². The minimum Gasteiger partial charge on any atom is -0.394 e. The van der Waals surface area contributed by atoms with Crippen molar-refractivity contribution in [2.24, 2.45) is 5.92 Å². The topological polar surface area (TPSA) is 58.9 Å². The molecule has 2 rings (SSSR count). The second kappa shape index (κ2) is 7.58. The van der Waals surface area contributed by atoms with Gasteiger partial charge in [-0.15, -0.1) is 0 Å². The molecule has 2 aliphatic rings. The van der Waals surface area contributed by atoms with E-state index in [1.165, 1.54) is 38.5 Å². The first-order chi connectivity index (χ1) is 9.22. The average molecular weight is 272 g/mol. The Labute approximate surface area is 116 Å². The molecule has 2 fully saturated rings. The minimum atomic E-state index is -0.699. The second-order valence-electron chi connectivity index (χ2n) is 6.03. The van der Waals surface area contributed by atoms with Crippen LogP contribution in [0, 0.1) is 5.92 Å². The Hall–Kier alpha value is -0.160. The van der Waals surface area contributed by atoms with Crippen LogP contribution in [0.4, 0.5) is 0 Å². The number of hydrogen-bond acceptors (Lipinski definition) is 4. The Bertz CT molecular complexity index is 253. The lowest BCUT2D eigenvalue weighted by molar-refractivity contribution is -0.0340. The lowest BCUT2D eigenvalue weighted by Gasteiger charge is -2.18. The van der Waals surface area contributed by atoms with Crippen molar-refractivity contribution in [3.8, 4) is 0 Å². The van der Waals surface area contributed by atoms with Crippen molar-refractivity contribution < 1.29 is 19.7 Å². The molecule has 0 aromatic carbocycles. The molecule has 112 valence electrons. The summed E-state index contributed by atoms with van der Waals surface area (Å²) in [5.74, 6) is 0.943. The molecule has 2 N–H and O–H groups in total. The summed E-state index contributed by atoms with van der Waals surface area (Å²) in [5, 5.41) is 19.0. The van der Waals surface area contributed by atoms with Crippen LogP contribution in [0.5, 0.6) is 0 Å². The van der Waals surface area contributed by atoms with Crippen LogP contribution < -0.4 is 0 Å². The molecule has 19 heavy (non-hydrogen) atoms. The number of rotatable bonds is 7. The van der Waals surface area contributed by atoms with Crippen molar-refractivity contribution in [3.05, 3.63) is 0 Å². The van der Waals surface area contributed by atoms with E-state index in [9.17, 15) is 5.11 Å². The first-order valence-electron chi connectivity index (χ1n) is 7.78. The number of unbranched alkanes of at least 4 members (excludes halogenated alkanes) is 1. The zero-order valence-electron chi connectivity index (χ0n) is 12.0. The number of aliphatic hydroxyl groups excluding tert-OH is 2. The van der Waals surface area contributed by atoms with E-state index in [4.69, 9.17) is 14.6 Å². The lowest BCUT2D eigenvalue weighted by atomic mass is 10.0. The Morgan fingerprint density at radius 3 is 2.58 bits per heavy atom. The monoisotopic (exact) mass is 272 g/mol. The van der Waals surface area contributed by atoms with Crippen molar-refractivity contribution in [3.63, 3.8) is 0 Å². The Balaban J connectivity index is 1.57. The summed E-state index contributed by atoms with van der Waals surface area (Å²) in [6, 6.07) is 0. The number of hydrogen-bond donors (Lipinski definition) is 2. The highest BCUT2D eigenvalue weighted by Gasteiger charge is 2.41. The van der Waals surface area contributed by atoms with Crippen LogP contribution in [-0.4, -0.2) is 47.8 Å². The molecule has 0 aromatic heterocycles. The first kappa shape index (κ1) is 15.2. The van der Waals surface area contributed by atoms with Crippen LogP contribution in [0.25, 0.3) is 0 Å². The maximum absolute atomic E-state index is 9.94. The van der Waals surface area contributed by atoms with Crippen molar-refractivity contribution >= 4 is 0 Å². The summed E-state index contributed by atoms with van der Waals surface area (Å²) < 4.78 is 11.2. The van der Waals surface area contributed by atoms with Crippen LogP contribution in [0.15, 0.2) is 0 Å². The number of ether oxygens (including phenoxy) is 2. The summed E-state index contributed by atoms with van der Waals surface area (Å²) in [6.45, 7) is 2.43. The second-order valence-corrected chi connectivity index (χ2v) is 6.03. The van der Waals surface area contributed by atoms with Crippen LogP contribution >= 0.6 is 0 Å². The Kier molecular flexibility index (Phi) is 6.07. The average Bonchev–Trinajstić information content (AvgIpc) is 3.00. The highest BCUT2D eigenvalue weighted by atomic mass is 16.6. The minimum absolute atomic E-state index is 0.137. The molecule has 4 atom stereocenters. The molecule has 0 amide bonds.